The number of hydrogen-bond donors (Lipinski definition) is 3. The quantitative estimate of drug-likeness (QED) is 0.0811. The maximum absolute atomic E-state index is 13.5. The van der Waals surface area contributed by atoms with E-state index in [0.717, 1.165) is 10.4 Å². The molecule has 0 bridgehead atoms. The number of thiophene rings is 1. The fourth-order valence-electron chi connectivity index (χ4n) is 5.23. The number of esters is 1. The van der Waals surface area contributed by atoms with Gasteiger partial charge in [-0.1, -0.05) is 36.4 Å². The van der Waals surface area contributed by atoms with Crippen molar-refractivity contribution in [1.29, 1.82) is 0 Å². The zero-order valence-electron chi connectivity index (χ0n) is 29.6. The van der Waals surface area contributed by atoms with Crippen LogP contribution in [0.5, 0.6) is 0 Å². The largest absolute Gasteiger partial charge is 0.462 e. The lowest BCUT2D eigenvalue weighted by molar-refractivity contribution is -0.114. The van der Waals surface area contributed by atoms with Gasteiger partial charge in [-0.05, 0) is 93.8 Å². The number of fused-ring (bicyclic) bond motifs is 1. The smallest absolute Gasteiger partial charge is 0.410 e. The monoisotopic (exact) mass is 758 g/mol. The van der Waals surface area contributed by atoms with E-state index in [0.29, 0.717) is 45.2 Å². The van der Waals surface area contributed by atoms with Gasteiger partial charge in [0.1, 0.15) is 22.1 Å². The molecule has 3 aromatic carbocycles. The first-order valence-electron chi connectivity index (χ1n) is 16.8. The third-order valence-corrected chi connectivity index (χ3v) is 9.74. The molecule has 1 aliphatic rings. The van der Waals surface area contributed by atoms with Gasteiger partial charge in [0.2, 0.25) is 5.91 Å². The maximum atomic E-state index is 13.5. The van der Waals surface area contributed by atoms with Gasteiger partial charge < -0.3 is 30.3 Å². The van der Waals surface area contributed by atoms with E-state index in [-0.39, 0.29) is 30.5 Å². The lowest BCUT2D eigenvalue weighted by Crippen LogP contribution is -2.39. The van der Waals surface area contributed by atoms with Crippen molar-refractivity contribution in [2.45, 2.75) is 51.2 Å². The summed E-state index contributed by atoms with van der Waals surface area (Å²) in [7, 11) is 0. The normalized spacial score (nSPS) is 12.7. The van der Waals surface area contributed by atoms with E-state index in [1.54, 1.807) is 87.2 Å². The number of anilines is 2. The lowest BCUT2D eigenvalue weighted by Gasteiger charge is -2.30. The number of hydrogen-bond acceptors (Lipinski definition) is 9. The Kier molecular flexibility index (Phi) is 12.7. The molecule has 0 aliphatic carbocycles. The Morgan fingerprint density at radius 2 is 1.70 bits per heavy atom. The first-order chi connectivity index (χ1) is 25.3. The number of benzene rings is 3. The average molecular weight is 759 g/mol. The van der Waals surface area contributed by atoms with Crippen molar-refractivity contribution < 1.29 is 37.8 Å². The second-order valence-corrected chi connectivity index (χ2v) is 15.0. The Balaban J connectivity index is 1.26. The number of nitrogens with zero attached hydrogens (tertiary/aromatic N) is 1. The number of nitrogens with one attached hydrogen (secondary N) is 3. The molecule has 0 atom stereocenters. The van der Waals surface area contributed by atoms with Crippen LogP contribution in [-0.2, 0) is 32.0 Å². The van der Waals surface area contributed by atoms with Gasteiger partial charge in [0, 0.05) is 27.6 Å². The molecule has 53 heavy (non-hydrogen) atoms. The number of thioether (sulfide) groups is 1. The molecule has 4 aromatic rings. The van der Waals surface area contributed by atoms with E-state index in [4.69, 9.17) is 9.47 Å². The Hall–Kier alpha value is -5.47. The first kappa shape index (κ1) is 38.8. The van der Waals surface area contributed by atoms with E-state index in [1.807, 2.05) is 0 Å². The third kappa shape index (κ3) is 10.8. The second-order valence-electron chi connectivity index (χ2n) is 12.8. The molecule has 0 saturated carbocycles. The van der Waals surface area contributed by atoms with Crippen molar-refractivity contribution in [3.8, 4) is 0 Å². The van der Waals surface area contributed by atoms with Crippen LogP contribution in [0.1, 0.15) is 64.4 Å². The second kappa shape index (κ2) is 17.4. The van der Waals surface area contributed by atoms with Crippen molar-refractivity contribution in [3.05, 3.63) is 118 Å². The van der Waals surface area contributed by atoms with E-state index in [9.17, 15) is 28.4 Å². The molecule has 1 aromatic heterocycles. The number of ether oxygens (including phenoxy) is 2. The highest BCUT2D eigenvalue weighted by molar-refractivity contribution is 8.00. The van der Waals surface area contributed by atoms with Gasteiger partial charge in [-0.15, -0.1) is 23.1 Å². The fourth-order valence-corrected chi connectivity index (χ4v) is 7.26. The molecule has 14 heteroatoms. The Bertz CT molecular complexity index is 2030. The maximum Gasteiger partial charge on any atom is 0.410 e. The topological polar surface area (TPSA) is 143 Å². The third-order valence-electron chi connectivity index (χ3n) is 7.61. The van der Waals surface area contributed by atoms with Crippen LogP contribution in [0.2, 0.25) is 0 Å². The fraction of sp³-hybridized carbons (Fsp3) is 0.256. The molecule has 1 aliphatic heterocycles. The molecular formula is C39H39FN4O7S2. The predicted octanol–water partition coefficient (Wildman–Crippen LogP) is 7.50. The summed E-state index contributed by atoms with van der Waals surface area (Å²) in [5.41, 5.74) is 1.57. The van der Waals surface area contributed by atoms with Crippen molar-refractivity contribution in [2.24, 2.45) is 0 Å². The van der Waals surface area contributed by atoms with Crippen molar-refractivity contribution in [3.63, 3.8) is 0 Å². The summed E-state index contributed by atoms with van der Waals surface area (Å²) in [6.07, 6.45) is 1.39. The standard InChI is InChI=1S/C39H39FN4O7S2/c1-5-50-37(48)33-29-18-19-44(38(49)51-39(2,3)4)22-31(29)53-36(33)43-32(45)23-52-28-13-9-12-27(21-28)41-35(47)30(20-24-14-16-26(40)17-15-24)42-34(46)25-10-7-6-8-11-25/h6-17,20-21H,5,18-19,22-23H2,1-4H3,(H,41,47)(H,42,46)(H,43,45)/b30-20+. The Labute approximate surface area is 314 Å². The highest BCUT2D eigenvalue weighted by Gasteiger charge is 2.32. The molecule has 11 nitrogen and oxygen atoms in total. The van der Waals surface area contributed by atoms with Gasteiger partial charge in [-0.2, -0.15) is 0 Å². The molecule has 276 valence electrons. The van der Waals surface area contributed by atoms with Gasteiger partial charge in [0.15, 0.2) is 0 Å². The lowest BCUT2D eigenvalue weighted by atomic mass is 10.0. The molecule has 0 fully saturated rings. The molecule has 3 N–H and O–H groups in total. The number of rotatable bonds is 11. The highest BCUT2D eigenvalue weighted by Crippen LogP contribution is 2.38. The average Bonchev–Trinajstić information content (AvgIpc) is 3.48. The van der Waals surface area contributed by atoms with Gasteiger partial charge >= 0.3 is 12.1 Å². The zero-order valence-corrected chi connectivity index (χ0v) is 31.3. The summed E-state index contributed by atoms with van der Waals surface area (Å²) in [4.78, 5) is 68.4. The van der Waals surface area contributed by atoms with Crippen molar-refractivity contribution in [1.82, 2.24) is 10.2 Å². The predicted molar refractivity (Wildman–Crippen MR) is 203 cm³/mol. The highest BCUT2D eigenvalue weighted by atomic mass is 32.2. The van der Waals surface area contributed by atoms with Crippen LogP contribution >= 0.6 is 23.1 Å². The van der Waals surface area contributed by atoms with Crippen LogP contribution < -0.4 is 16.0 Å². The van der Waals surface area contributed by atoms with Crippen LogP contribution in [0, 0.1) is 5.82 Å². The van der Waals surface area contributed by atoms with Gasteiger partial charge in [0.05, 0.1) is 24.5 Å². The SMILES string of the molecule is CCOC(=O)c1c(NC(=O)CSc2cccc(NC(=O)/C(=C\c3ccc(F)cc3)NC(=O)c3ccccc3)c2)sc2c1CCN(C(=O)OC(C)(C)C)C2. The molecule has 0 saturated heterocycles. The summed E-state index contributed by atoms with van der Waals surface area (Å²) >= 11 is 2.44. The van der Waals surface area contributed by atoms with E-state index < -0.39 is 35.3 Å². The van der Waals surface area contributed by atoms with Gasteiger partial charge in [0.25, 0.3) is 11.8 Å². The molecule has 5 rings (SSSR count). The molecule has 4 amide bonds. The van der Waals surface area contributed by atoms with Crippen LogP contribution in [-0.4, -0.2) is 59.2 Å². The summed E-state index contributed by atoms with van der Waals surface area (Å²) in [6.45, 7) is 7.83. The molecule has 0 radical (unpaired) electrons. The van der Waals surface area contributed by atoms with E-state index >= 15 is 0 Å². The van der Waals surface area contributed by atoms with Crippen LogP contribution in [0.4, 0.5) is 19.9 Å². The minimum atomic E-state index is -0.657. The summed E-state index contributed by atoms with van der Waals surface area (Å²) in [6, 6.07) is 20.7. The van der Waals surface area contributed by atoms with E-state index in [1.165, 1.54) is 53.4 Å². The summed E-state index contributed by atoms with van der Waals surface area (Å²) < 4.78 is 24.4. The summed E-state index contributed by atoms with van der Waals surface area (Å²) in [5, 5.41) is 8.65. The minimum Gasteiger partial charge on any atom is -0.462 e. The Morgan fingerprint density at radius 1 is 0.962 bits per heavy atom. The van der Waals surface area contributed by atoms with Gasteiger partial charge in [-0.3, -0.25) is 14.4 Å². The Morgan fingerprint density at radius 3 is 2.40 bits per heavy atom. The van der Waals surface area contributed by atoms with Crippen LogP contribution in [0.25, 0.3) is 6.08 Å². The summed E-state index contributed by atoms with van der Waals surface area (Å²) in [5.74, 6) is -2.49. The molecular weight excluding hydrogens is 720 g/mol. The van der Waals surface area contributed by atoms with E-state index in [2.05, 4.69) is 16.0 Å². The minimum absolute atomic E-state index is 0.0187. The molecule has 2 heterocycles. The number of amides is 4. The number of carbonyl (C=O) groups is 5. The van der Waals surface area contributed by atoms with Gasteiger partial charge in [-0.25, -0.2) is 14.0 Å². The number of halogens is 1. The van der Waals surface area contributed by atoms with Crippen molar-refractivity contribution in [2.75, 3.05) is 29.5 Å². The molecule has 0 spiro atoms. The molecule has 0 unspecified atom stereocenters. The van der Waals surface area contributed by atoms with Crippen molar-refractivity contribution >= 4 is 69.6 Å². The van der Waals surface area contributed by atoms with Crippen LogP contribution in [0.15, 0.2) is 89.5 Å². The zero-order chi connectivity index (χ0) is 38.1. The number of carbonyl (C=O) groups excluding carboxylic acids is 5. The van der Waals surface area contributed by atoms with Crippen LogP contribution in [0.3, 0.4) is 0 Å². The first-order valence-corrected chi connectivity index (χ1v) is 18.6.